The molecule has 1 fully saturated rings. The second-order valence-corrected chi connectivity index (χ2v) is 5.98. The van der Waals surface area contributed by atoms with Crippen molar-refractivity contribution in [2.24, 2.45) is 11.1 Å². The summed E-state index contributed by atoms with van der Waals surface area (Å²) in [5.74, 6) is -0.263. The molecule has 3 N–H and O–H groups in total. The average molecular weight is 242 g/mol. The summed E-state index contributed by atoms with van der Waals surface area (Å²) in [7, 11) is 0. The van der Waals surface area contributed by atoms with Crippen molar-refractivity contribution in [2.75, 3.05) is 13.1 Å². The minimum Gasteiger partial charge on any atom is -0.459 e. The highest BCUT2D eigenvalue weighted by atomic mass is 16.6. The van der Waals surface area contributed by atoms with E-state index in [1.165, 1.54) is 0 Å². The van der Waals surface area contributed by atoms with E-state index in [1.807, 2.05) is 20.8 Å². The molecule has 100 valence electrons. The quantitative estimate of drug-likeness (QED) is 0.735. The molecule has 1 rings (SSSR count). The van der Waals surface area contributed by atoms with Crippen LogP contribution in [-0.2, 0) is 9.53 Å². The Morgan fingerprint density at radius 2 is 1.94 bits per heavy atom. The molecule has 1 atom stereocenters. The standard InChI is InChI=1S/C13H26N2O2/c1-5-13(6-8-15-9-7-13)10(14)11(16)17-12(2,3)4/h10,15H,5-9,14H2,1-4H3. The normalized spacial score (nSPS) is 21.9. The third-order valence-corrected chi connectivity index (χ3v) is 3.62. The van der Waals surface area contributed by atoms with Crippen LogP contribution in [0.25, 0.3) is 0 Å². The minimum atomic E-state index is -0.506. The van der Waals surface area contributed by atoms with Gasteiger partial charge in [0.1, 0.15) is 11.6 Å². The molecule has 0 aromatic carbocycles. The van der Waals surface area contributed by atoms with Crippen molar-refractivity contribution in [1.82, 2.24) is 5.32 Å². The van der Waals surface area contributed by atoms with Crippen LogP contribution in [-0.4, -0.2) is 30.7 Å². The summed E-state index contributed by atoms with van der Waals surface area (Å²) < 4.78 is 5.40. The molecule has 0 aliphatic carbocycles. The number of carbonyl (C=O) groups is 1. The predicted molar refractivity (Wildman–Crippen MR) is 68.6 cm³/mol. The lowest BCUT2D eigenvalue weighted by molar-refractivity contribution is -0.160. The highest BCUT2D eigenvalue weighted by Gasteiger charge is 2.41. The minimum absolute atomic E-state index is 0.0897. The van der Waals surface area contributed by atoms with Crippen LogP contribution in [0.1, 0.15) is 47.0 Å². The number of ether oxygens (including phenoxy) is 1. The molecular weight excluding hydrogens is 216 g/mol. The molecule has 1 aliphatic rings. The molecule has 0 spiro atoms. The van der Waals surface area contributed by atoms with Crippen LogP contribution in [0.3, 0.4) is 0 Å². The van der Waals surface area contributed by atoms with Crippen LogP contribution in [0, 0.1) is 5.41 Å². The maximum atomic E-state index is 12.1. The molecule has 1 heterocycles. The molecule has 0 aromatic rings. The van der Waals surface area contributed by atoms with Gasteiger partial charge in [0.05, 0.1) is 0 Å². The first-order chi connectivity index (χ1) is 7.81. The predicted octanol–water partition coefficient (Wildman–Crippen LogP) is 1.44. The summed E-state index contributed by atoms with van der Waals surface area (Å²) in [5.41, 5.74) is 5.59. The first kappa shape index (κ1) is 14.5. The number of esters is 1. The van der Waals surface area contributed by atoms with Crippen LogP contribution in [0.15, 0.2) is 0 Å². The molecule has 1 aliphatic heterocycles. The summed E-state index contributed by atoms with van der Waals surface area (Å²) in [6, 6.07) is -0.506. The number of hydrogen-bond donors (Lipinski definition) is 2. The van der Waals surface area contributed by atoms with Crippen molar-refractivity contribution in [3.8, 4) is 0 Å². The van der Waals surface area contributed by atoms with Crippen molar-refractivity contribution in [1.29, 1.82) is 0 Å². The monoisotopic (exact) mass is 242 g/mol. The molecule has 1 unspecified atom stereocenters. The van der Waals surface area contributed by atoms with Gasteiger partial charge >= 0.3 is 5.97 Å². The average Bonchev–Trinajstić information content (AvgIpc) is 2.26. The van der Waals surface area contributed by atoms with Gasteiger partial charge in [0.25, 0.3) is 0 Å². The maximum Gasteiger partial charge on any atom is 0.324 e. The maximum absolute atomic E-state index is 12.1. The van der Waals surface area contributed by atoms with Crippen molar-refractivity contribution < 1.29 is 9.53 Å². The number of rotatable bonds is 3. The molecule has 17 heavy (non-hydrogen) atoms. The van der Waals surface area contributed by atoms with Gasteiger partial charge < -0.3 is 15.8 Å². The van der Waals surface area contributed by atoms with Crippen molar-refractivity contribution in [3.05, 3.63) is 0 Å². The molecule has 0 amide bonds. The van der Waals surface area contributed by atoms with Crippen molar-refractivity contribution in [2.45, 2.75) is 58.6 Å². The molecule has 1 saturated heterocycles. The first-order valence-electron chi connectivity index (χ1n) is 6.50. The topological polar surface area (TPSA) is 64.4 Å². The zero-order valence-corrected chi connectivity index (χ0v) is 11.5. The third-order valence-electron chi connectivity index (χ3n) is 3.62. The van der Waals surface area contributed by atoms with Gasteiger partial charge in [0.15, 0.2) is 0 Å². The lowest BCUT2D eigenvalue weighted by atomic mass is 9.71. The molecule has 0 aromatic heterocycles. The number of piperidine rings is 1. The molecular formula is C13H26N2O2. The van der Waals surface area contributed by atoms with Gasteiger partial charge in [-0.25, -0.2) is 0 Å². The van der Waals surface area contributed by atoms with E-state index in [4.69, 9.17) is 10.5 Å². The smallest absolute Gasteiger partial charge is 0.324 e. The van der Waals surface area contributed by atoms with Crippen LogP contribution in [0.4, 0.5) is 0 Å². The Labute approximate surface area is 104 Å². The zero-order valence-electron chi connectivity index (χ0n) is 11.5. The Balaban J connectivity index is 2.71. The Morgan fingerprint density at radius 3 is 2.35 bits per heavy atom. The fourth-order valence-electron chi connectivity index (χ4n) is 2.42. The molecule has 0 bridgehead atoms. The van der Waals surface area contributed by atoms with Gasteiger partial charge in [0.2, 0.25) is 0 Å². The third kappa shape index (κ3) is 3.68. The second kappa shape index (κ2) is 5.36. The van der Waals surface area contributed by atoms with Crippen molar-refractivity contribution >= 4 is 5.97 Å². The van der Waals surface area contributed by atoms with E-state index >= 15 is 0 Å². The Morgan fingerprint density at radius 1 is 1.41 bits per heavy atom. The Hall–Kier alpha value is -0.610. The second-order valence-electron chi connectivity index (χ2n) is 5.98. The zero-order chi connectivity index (χ0) is 13.1. The van der Waals surface area contributed by atoms with E-state index in [0.717, 1.165) is 32.4 Å². The summed E-state index contributed by atoms with van der Waals surface area (Å²) in [6.45, 7) is 9.60. The molecule has 0 radical (unpaired) electrons. The SMILES string of the molecule is CCC1(C(N)C(=O)OC(C)(C)C)CCNCC1. The van der Waals surface area contributed by atoms with Crippen LogP contribution < -0.4 is 11.1 Å². The molecule has 0 saturated carbocycles. The Bertz CT molecular complexity index is 265. The lowest BCUT2D eigenvalue weighted by Crippen LogP contribution is -2.53. The van der Waals surface area contributed by atoms with Crippen LogP contribution >= 0.6 is 0 Å². The van der Waals surface area contributed by atoms with Gasteiger partial charge in [-0.3, -0.25) is 4.79 Å². The van der Waals surface area contributed by atoms with Gasteiger partial charge in [-0.2, -0.15) is 0 Å². The summed E-state index contributed by atoms with van der Waals surface area (Å²) >= 11 is 0. The van der Waals surface area contributed by atoms with E-state index in [0.29, 0.717) is 0 Å². The van der Waals surface area contributed by atoms with Crippen LogP contribution in [0.5, 0.6) is 0 Å². The van der Waals surface area contributed by atoms with Gasteiger partial charge in [0, 0.05) is 0 Å². The Kier molecular flexibility index (Phi) is 4.55. The van der Waals surface area contributed by atoms with E-state index in [2.05, 4.69) is 12.2 Å². The fourth-order valence-corrected chi connectivity index (χ4v) is 2.42. The van der Waals surface area contributed by atoms with E-state index < -0.39 is 11.6 Å². The van der Waals surface area contributed by atoms with E-state index in [9.17, 15) is 4.79 Å². The molecule has 4 heteroatoms. The number of carbonyl (C=O) groups excluding carboxylic acids is 1. The summed E-state index contributed by atoms with van der Waals surface area (Å²) in [5, 5.41) is 3.31. The highest BCUT2D eigenvalue weighted by molar-refractivity contribution is 5.77. The summed E-state index contributed by atoms with van der Waals surface area (Å²) in [6.07, 6.45) is 2.82. The summed E-state index contributed by atoms with van der Waals surface area (Å²) in [4.78, 5) is 12.1. The van der Waals surface area contributed by atoms with Gasteiger partial charge in [-0.05, 0) is 58.5 Å². The highest BCUT2D eigenvalue weighted by Crippen LogP contribution is 2.36. The lowest BCUT2D eigenvalue weighted by Gasteiger charge is -2.41. The molecule has 4 nitrogen and oxygen atoms in total. The fraction of sp³-hybridized carbons (Fsp3) is 0.923. The number of nitrogens with one attached hydrogen (secondary N) is 1. The largest absolute Gasteiger partial charge is 0.459 e. The first-order valence-corrected chi connectivity index (χ1v) is 6.50. The van der Waals surface area contributed by atoms with E-state index in [-0.39, 0.29) is 11.4 Å². The number of nitrogens with two attached hydrogens (primary N) is 1. The van der Waals surface area contributed by atoms with Crippen LogP contribution in [0.2, 0.25) is 0 Å². The number of hydrogen-bond acceptors (Lipinski definition) is 4. The van der Waals surface area contributed by atoms with Crippen molar-refractivity contribution in [3.63, 3.8) is 0 Å². The van der Waals surface area contributed by atoms with Gasteiger partial charge in [-0.1, -0.05) is 6.92 Å². The van der Waals surface area contributed by atoms with E-state index in [1.54, 1.807) is 0 Å². The van der Waals surface area contributed by atoms with Gasteiger partial charge in [-0.15, -0.1) is 0 Å².